The molecule has 3 nitrogen and oxygen atoms in total. The Morgan fingerprint density at radius 3 is 2.85 bits per heavy atom. The maximum atomic E-state index is 10.7. The summed E-state index contributed by atoms with van der Waals surface area (Å²) in [5.74, 6) is 1.51. The second kappa shape index (κ2) is 5.23. The van der Waals surface area contributed by atoms with Crippen LogP contribution < -0.4 is 9.47 Å². The maximum absolute atomic E-state index is 10.7. The first-order valence-electron chi connectivity index (χ1n) is 7.27. The van der Waals surface area contributed by atoms with E-state index in [0.717, 1.165) is 47.2 Å². The zero-order chi connectivity index (χ0) is 14.3. The van der Waals surface area contributed by atoms with E-state index in [9.17, 15) is 5.11 Å². The quantitative estimate of drug-likeness (QED) is 0.725. The summed E-state index contributed by atoms with van der Waals surface area (Å²) in [6.07, 6.45) is 3.16. The average molecular weight is 341 g/mol. The SMILES string of the molecule is CC1(C)CCc2c(Br)cc3c(c2C(O)C1)OCCCO3. The zero-order valence-corrected chi connectivity index (χ0v) is 13.6. The standard InChI is InChI=1S/C16H21BrO3/c1-16(2)5-4-10-11(17)8-13-15(14(10)12(18)9-16)20-7-3-6-19-13/h8,12,18H,3-7,9H2,1-2H3. The van der Waals surface area contributed by atoms with Crippen molar-refractivity contribution in [2.75, 3.05) is 13.2 Å². The van der Waals surface area contributed by atoms with Crippen molar-refractivity contribution in [3.8, 4) is 11.5 Å². The molecule has 0 amide bonds. The molecule has 1 aromatic carbocycles. The van der Waals surface area contributed by atoms with E-state index in [1.165, 1.54) is 5.56 Å². The van der Waals surface area contributed by atoms with Gasteiger partial charge in [0.25, 0.3) is 0 Å². The summed E-state index contributed by atoms with van der Waals surface area (Å²) in [5, 5.41) is 10.7. The maximum Gasteiger partial charge on any atom is 0.167 e. The van der Waals surface area contributed by atoms with Crippen LogP contribution in [-0.4, -0.2) is 18.3 Å². The van der Waals surface area contributed by atoms with Crippen molar-refractivity contribution in [1.29, 1.82) is 0 Å². The molecule has 1 N–H and O–H groups in total. The topological polar surface area (TPSA) is 38.7 Å². The Bertz CT molecular complexity index is 525. The number of hydrogen-bond donors (Lipinski definition) is 1. The Labute approximate surface area is 128 Å². The van der Waals surface area contributed by atoms with Gasteiger partial charge in [0.15, 0.2) is 11.5 Å². The molecule has 0 radical (unpaired) electrons. The van der Waals surface area contributed by atoms with Crippen LogP contribution in [0.3, 0.4) is 0 Å². The Kier molecular flexibility index (Phi) is 3.71. The summed E-state index contributed by atoms with van der Waals surface area (Å²) in [7, 11) is 0. The van der Waals surface area contributed by atoms with Gasteiger partial charge in [-0.25, -0.2) is 0 Å². The molecule has 1 aliphatic carbocycles. The predicted octanol–water partition coefficient (Wildman–Crippen LogP) is 4.01. The lowest BCUT2D eigenvalue weighted by molar-refractivity contribution is 0.113. The lowest BCUT2D eigenvalue weighted by Gasteiger charge is -2.24. The van der Waals surface area contributed by atoms with Crippen molar-refractivity contribution in [2.24, 2.45) is 5.41 Å². The highest BCUT2D eigenvalue weighted by Gasteiger charge is 2.33. The normalized spacial score (nSPS) is 24.5. The van der Waals surface area contributed by atoms with Crippen LogP contribution in [0, 0.1) is 5.41 Å². The van der Waals surface area contributed by atoms with Gasteiger partial charge < -0.3 is 14.6 Å². The third-order valence-electron chi connectivity index (χ3n) is 4.26. The first kappa shape index (κ1) is 14.2. The summed E-state index contributed by atoms with van der Waals surface area (Å²) in [6, 6.07) is 1.99. The van der Waals surface area contributed by atoms with Gasteiger partial charge in [0, 0.05) is 16.5 Å². The van der Waals surface area contributed by atoms with Crippen molar-refractivity contribution in [3.63, 3.8) is 0 Å². The van der Waals surface area contributed by atoms with Crippen molar-refractivity contribution in [3.05, 3.63) is 21.7 Å². The van der Waals surface area contributed by atoms with Gasteiger partial charge in [0.2, 0.25) is 0 Å². The van der Waals surface area contributed by atoms with Crippen LogP contribution >= 0.6 is 15.9 Å². The van der Waals surface area contributed by atoms with E-state index in [2.05, 4.69) is 29.8 Å². The molecule has 0 saturated heterocycles. The lowest BCUT2D eigenvalue weighted by Crippen LogP contribution is -2.14. The van der Waals surface area contributed by atoms with Crippen LogP contribution in [0.25, 0.3) is 0 Å². The molecule has 0 saturated carbocycles. The Hall–Kier alpha value is -0.740. The highest BCUT2D eigenvalue weighted by molar-refractivity contribution is 9.10. The summed E-state index contributed by atoms with van der Waals surface area (Å²) in [4.78, 5) is 0. The smallest absolute Gasteiger partial charge is 0.167 e. The number of fused-ring (bicyclic) bond motifs is 3. The number of aliphatic hydroxyl groups is 1. The molecule has 0 spiro atoms. The fraction of sp³-hybridized carbons (Fsp3) is 0.625. The highest BCUT2D eigenvalue weighted by atomic mass is 79.9. The minimum Gasteiger partial charge on any atom is -0.490 e. The number of ether oxygens (including phenoxy) is 2. The minimum atomic E-state index is -0.490. The Morgan fingerprint density at radius 1 is 1.30 bits per heavy atom. The summed E-state index contributed by atoms with van der Waals surface area (Å²) >= 11 is 3.64. The molecule has 0 fully saturated rings. The van der Waals surface area contributed by atoms with Crippen molar-refractivity contribution >= 4 is 15.9 Å². The molecule has 1 aliphatic heterocycles. The lowest BCUT2D eigenvalue weighted by atomic mass is 9.84. The van der Waals surface area contributed by atoms with E-state index in [4.69, 9.17) is 9.47 Å². The van der Waals surface area contributed by atoms with Crippen LogP contribution in [0.2, 0.25) is 0 Å². The molecule has 1 heterocycles. The monoisotopic (exact) mass is 340 g/mol. The molecular weight excluding hydrogens is 320 g/mol. The van der Waals surface area contributed by atoms with E-state index < -0.39 is 6.10 Å². The van der Waals surface area contributed by atoms with Crippen LogP contribution in [0.15, 0.2) is 10.5 Å². The van der Waals surface area contributed by atoms with Crippen molar-refractivity contribution in [2.45, 2.75) is 45.6 Å². The molecule has 1 atom stereocenters. The molecule has 0 aromatic heterocycles. The predicted molar refractivity (Wildman–Crippen MR) is 81.4 cm³/mol. The number of aliphatic hydroxyl groups excluding tert-OH is 1. The number of hydrogen-bond acceptors (Lipinski definition) is 3. The van der Waals surface area contributed by atoms with E-state index in [-0.39, 0.29) is 5.41 Å². The Morgan fingerprint density at radius 2 is 2.05 bits per heavy atom. The molecular formula is C16H21BrO3. The van der Waals surface area contributed by atoms with Gasteiger partial charge >= 0.3 is 0 Å². The fourth-order valence-corrected chi connectivity index (χ4v) is 3.75. The zero-order valence-electron chi connectivity index (χ0n) is 12.0. The van der Waals surface area contributed by atoms with Crippen LogP contribution in [0.1, 0.15) is 50.3 Å². The van der Waals surface area contributed by atoms with Gasteiger partial charge in [0.1, 0.15) is 0 Å². The van der Waals surface area contributed by atoms with Crippen LogP contribution in [0.5, 0.6) is 11.5 Å². The Balaban J connectivity index is 2.14. The van der Waals surface area contributed by atoms with E-state index in [0.29, 0.717) is 13.2 Å². The summed E-state index contributed by atoms with van der Waals surface area (Å²) in [6.45, 7) is 5.75. The minimum absolute atomic E-state index is 0.135. The second-order valence-corrected chi connectivity index (χ2v) is 7.37. The summed E-state index contributed by atoms with van der Waals surface area (Å²) in [5.41, 5.74) is 2.24. The average Bonchev–Trinajstić information content (AvgIpc) is 2.65. The van der Waals surface area contributed by atoms with Gasteiger partial charge in [-0.05, 0) is 36.3 Å². The highest BCUT2D eigenvalue weighted by Crippen LogP contribution is 2.49. The molecule has 3 rings (SSSR count). The summed E-state index contributed by atoms with van der Waals surface area (Å²) < 4.78 is 12.7. The van der Waals surface area contributed by atoms with Crippen molar-refractivity contribution < 1.29 is 14.6 Å². The molecule has 1 aromatic rings. The number of benzene rings is 1. The van der Waals surface area contributed by atoms with Gasteiger partial charge in [-0.2, -0.15) is 0 Å². The van der Waals surface area contributed by atoms with Gasteiger partial charge in [-0.3, -0.25) is 0 Å². The van der Waals surface area contributed by atoms with Gasteiger partial charge in [0.05, 0.1) is 19.3 Å². The van der Waals surface area contributed by atoms with Crippen LogP contribution in [0.4, 0.5) is 0 Å². The van der Waals surface area contributed by atoms with Crippen molar-refractivity contribution in [1.82, 2.24) is 0 Å². The number of halogens is 1. The second-order valence-electron chi connectivity index (χ2n) is 6.51. The first-order valence-corrected chi connectivity index (χ1v) is 8.06. The van der Waals surface area contributed by atoms with E-state index in [1.807, 2.05) is 6.07 Å². The van der Waals surface area contributed by atoms with Gasteiger partial charge in [-0.1, -0.05) is 29.8 Å². The van der Waals surface area contributed by atoms with E-state index >= 15 is 0 Å². The first-order chi connectivity index (χ1) is 9.48. The molecule has 0 bridgehead atoms. The molecule has 20 heavy (non-hydrogen) atoms. The third kappa shape index (κ3) is 2.56. The third-order valence-corrected chi connectivity index (χ3v) is 4.97. The fourth-order valence-electron chi connectivity index (χ4n) is 3.14. The molecule has 110 valence electrons. The van der Waals surface area contributed by atoms with Gasteiger partial charge in [-0.15, -0.1) is 0 Å². The van der Waals surface area contributed by atoms with Crippen LogP contribution in [-0.2, 0) is 6.42 Å². The van der Waals surface area contributed by atoms with E-state index in [1.54, 1.807) is 0 Å². The largest absolute Gasteiger partial charge is 0.490 e. The molecule has 2 aliphatic rings. The molecule has 4 heteroatoms. The molecule has 1 unspecified atom stereocenters. The number of rotatable bonds is 0.